The Morgan fingerprint density at radius 1 is 1.41 bits per heavy atom. The molecule has 0 fully saturated rings. The van der Waals surface area contributed by atoms with Gasteiger partial charge in [0.25, 0.3) is 0 Å². The SMILES string of the molecule is CC.CC=N/C(=C(\S)C(=O)OCC)C(F)(F)F. The summed E-state index contributed by atoms with van der Waals surface area (Å²) < 4.78 is 41.4. The minimum Gasteiger partial charge on any atom is -0.462 e. The first-order chi connectivity index (χ1) is 7.84. The predicted molar refractivity (Wildman–Crippen MR) is 64.2 cm³/mol. The molecule has 7 heteroatoms. The van der Waals surface area contributed by atoms with Crippen molar-refractivity contribution >= 4 is 24.8 Å². The molecule has 0 aliphatic rings. The molecule has 0 rings (SSSR count). The summed E-state index contributed by atoms with van der Waals surface area (Å²) in [5.74, 6) is -1.14. The van der Waals surface area contributed by atoms with E-state index in [2.05, 4.69) is 22.4 Å². The molecule has 0 N–H and O–H groups in total. The van der Waals surface area contributed by atoms with Gasteiger partial charge in [-0.3, -0.25) is 4.99 Å². The van der Waals surface area contributed by atoms with Crippen molar-refractivity contribution < 1.29 is 22.7 Å². The van der Waals surface area contributed by atoms with E-state index in [9.17, 15) is 18.0 Å². The van der Waals surface area contributed by atoms with Crippen molar-refractivity contribution in [2.45, 2.75) is 33.9 Å². The highest BCUT2D eigenvalue weighted by molar-refractivity contribution is 7.85. The van der Waals surface area contributed by atoms with Gasteiger partial charge in [0.05, 0.1) is 6.61 Å². The quantitative estimate of drug-likeness (QED) is 0.370. The van der Waals surface area contributed by atoms with E-state index in [0.29, 0.717) is 0 Å². The predicted octanol–water partition coefficient (Wildman–Crippen LogP) is 3.37. The van der Waals surface area contributed by atoms with E-state index in [-0.39, 0.29) is 6.61 Å². The molecule has 3 nitrogen and oxygen atoms in total. The van der Waals surface area contributed by atoms with Crippen LogP contribution in [-0.4, -0.2) is 25.0 Å². The number of halogens is 3. The number of carbonyl (C=O) groups excluding carboxylic acids is 1. The molecule has 100 valence electrons. The Morgan fingerprint density at radius 3 is 2.18 bits per heavy atom. The Labute approximate surface area is 104 Å². The van der Waals surface area contributed by atoms with Crippen LogP contribution in [-0.2, 0) is 9.53 Å². The fraction of sp³-hybridized carbons (Fsp3) is 0.600. The summed E-state index contributed by atoms with van der Waals surface area (Å²) in [4.78, 5) is 13.2. The highest BCUT2D eigenvalue weighted by Crippen LogP contribution is 2.30. The summed E-state index contributed by atoms with van der Waals surface area (Å²) in [7, 11) is 0. The van der Waals surface area contributed by atoms with Gasteiger partial charge in [-0.1, -0.05) is 13.8 Å². The lowest BCUT2D eigenvalue weighted by atomic mass is 10.4. The molecule has 0 spiro atoms. The molecular formula is C10H16F3NO2S. The van der Waals surface area contributed by atoms with Crippen LogP contribution in [0, 0.1) is 0 Å². The molecule has 0 saturated carbocycles. The zero-order chi connectivity index (χ0) is 14.1. The third kappa shape index (κ3) is 7.04. The van der Waals surface area contributed by atoms with Crippen molar-refractivity contribution in [3.05, 3.63) is 10.6 Å². The molecule has 0 radical (unpaired) electrons. The Hall–Kier alpha value is -0.980. The molecule has 0 aliphatic heterocycles. The summed E-state index contributed by atoms with van der Waals surface area (Å²) >= 11 is 3.45. The fourth-order valence-corrected chi connectivity index (χ4v) is 0.943. The van der Waals surface area contributed by atoms with Gasteiger partial charge in [0.2, 0.25) is 0 Å². The molecule has 0 unspecified atom stereocenters. The van der Waals surface area contributed by atoms with E-state index in [0.717, 1.165) is 6.21 Å². The first kappa shape index (κ1) is 18.4. The first-order valence-electron chi connectivity index (χ1n) is 5.00. The maximum absolute atomic E-state index is 12.3. The zero-order valence-electron chi connectivity index (χ0n) is 10.1. The smallest absolute Gasteiger partial charge is 0.434 e. The van der Waals surface area contributed by atoms with Crippen molar-refractivity contribution in [2.75, 3.05) is 6.61 Å². The number of allylic oxidation sites excluding steroid dienone is 1. The van der Waals surface area contributed by atoms with E-state index in [1.165, 1.54) is 13.8 Å². The monoisotopic (exact) mass is 271 g/mol. The normalized spacial score (nSPS) is 12.7. The van der Waals surface area contributed by atoms with Crippen molar-refractivity contribution in [1.29, 1.82) is 0 Å². The number of esters is 1. The standard InChI is InChI=1S/C8H10F3NO2S.C2H6/c1-3-12-6(8(9,10)11)5(15)7(13)14-4-2;1-2/h3,15H,4H2,1-2H3;1-2H3/b6-5-,12-3?;. The Balaban J connectivity index is 0. The van der Waals surface area contributed by atoms with Crippen LogP contribution >= 0.6 is 12.6 Å². The minimum absolute atomic E-state index is 0.0239. The lowest BCUT2D eigenvalue weighted by Crippen LogP contribution is -2.16. The van der Waals surface area contributed by atoms with Crippen LogP contribution in [0.25, 0.3) is 0 Å². The maximum atomic E-state index is 12.3. The van der Waals surface area contributed by atoms with Gasteiger partial charge in [-0.05, 0) is 13.8 Å². The van der Waals surface area contributed by atoms with Crippen molar-refractivity contribution in [1.82, 2.24) is 0 Å². The number of alkyl halides is 3. The largest absolute Gasteiger partial charge is 0.462 e. The van der Waals surface area contributed by atoms with Crippen LogP contribution in [0.1, 0.15) is 27.7 Å². The number of nitrogens with zero attached hydrogens (tertiary/aromatic N) is 1. The fourth-order valence-electron chi connectivity index (χ4n) is 0.694. The van der Waals surface area contributed by atoms with Crippen LogP contribution in [0.2, 0.25) is 0 Å². The van der Waals surface area contributed by atoms with E-state index >= 15 is 0 Å². The van der Waals surface area contributed by atoms with Crippen LogP contribution in [0.15, 0.2) is 15.6 Å². The van der Waals surface area contributed by atoms with Gasteiger partial charge in [0.1, 0.15) is 4.91 Å². The van der Waals surface area contributed by atoms with Gasteiger partial charge in [-0.25, -0.2) is 4.79 Å². The maximum Gasteiger partial charge on any atom is 0.434 e. The van der Waals surface area contributed by atoms with Gasteiger partial charge < -0.3 is 4.74 Å². The van der Waals surface area contributed by atoms with Gasteiger partial charge in [-0.2, -0.15) is 13.2 Å². The molecule has 17 heavy (non-hydrogen) atoms. The molecule has 0 aromatic heterocycles. The molecule has 0 saturated heterocycles. The average Bonchev–Trinajstić information content (AvgIpc) is 2.26. The molecule has 0 atom stereocenters. The van der Waals surface area contributed by atoms with E-state index in [1.807, 2.05) is 13.8 Å². The third-order valence-electron chi connectivity index (χ3n) is 1.22. The topological polar surface area (TPSA) is 38.7 Å². The number of hydrogen-bond acceptors (Lipinski definition) is 4. The first-order valence-corrected chi connectivity index (χ1v) is 5.45. The molecule has 0 heterocycles. The van der Waals surface area contributed by atoms with Crippen molar-refractivity contribution in [3.8, 4) is 0 Å². The van der Waals surface area contributed by atoms with E-state index < -0.39 is 22.7 Å². The number of rotatable bonds is 3. The highest BCUT2D eigenvalue weighted by Gasteiger charge is 2.37. The van der Waals surface area contributed by atoms with Gasteiger partial charge in [-0.15, -0.1) is 12.6 Å². The summed E-state index contributed by atoms with van der Waals surface area (Å²) in [5, 5.41) is 0. The second-order valence-corrected chi connectivity index (χ2v) is 2.75. The summed E-state index contributed by atoms with van der Waals surface area (Å²) in [6.07, 6.45) is -3.80. The molecule has 0 amide bonds. The van der Waals surface area contributed by atoms with Gasteiger partial charge in [0.15, 0.2) is 5.70 Å². The zero-order valence-corrected chi connectivity index (χ0v) is 11.0. The minimum atomic E-state index is -4.73. The number of ether oxygens (including phenoxy) is 1. The molecule has 0 bridgehead atoms. The Bertz CT molecular complexity index is 298. The lowest BCUT2D eigenvalue weighted by Gasteiger charge is -2.09. The van der Waals surface area contributed by atoms with Crippen molar-refractivity contribution in [3.63, 3.8) is 0 Å². The summed E-state index contributed by atoms with van der Waals surface area (Å²) in [6, 6.07) is 0. The second-order valence-electron chi connectivity index (χ2n) is 2.30. The van der Waals surface area contributed by atoms with E-state index in [1.54, 1.807) is 0 Å². The second kappa shape index (κ2) is 9.09. The van der Waals surface area contributed by atoms with Crippen LogP contribution in [0.5, 0.6) is 0 Å². The molecule has 0 aliphatic carbocycles. The van der Waals surface area contributed by atoms with Gasteiger partial charge >= 0.3 is 12.1 Å². The van der Waals surface area contributed by atoms with Crippen LogP contribution in [0.4, 0.5) is 13.2 Å². The Morgan fingerprint density at radius 2 is 1.88 bits per heavy atom. The lowest BCUT2D eigenvalue weighted by molar-refractivity contribution is -0.138. The molecule has 0 aromatic rings. The molecular weight excluding hydrogens is 255 g/mol. The highest BCUT2D eigenvalue weighted by atomic mass is 32.1. The summed E-state index contributed by atoms with van der Waals surface area (Å²) in [6.45, 7) is 6.76. The number of aliphatic imine (C=N–C) groups is 1. The summed E-state index contributed by atoms with van der Waals surface area (Å²) in [5.41, 5.74) is -1.35. The molecule has 0 aromatic carbocycles. The van der Waals surface area contributed by atoms with Crippen LogP contribution in [0.3, 0.4) is 0 Å². The number of thiol groups is 1. The number of carbonyl (C=O) groups is 1. The van der Waals surface area contributed by atoms with Crippen molar-refractivity contribution in [2.24, 2.45) is 4.99 Å². The number of hydrogen-bond donors (Lipinski definition) is 1. The van der Waals surface area contributed by atoms with Crippen LogP contribution < -0.4 is 0 Å². The average molecular weight is 271 g/mol. The van der Waals surface area contributed by atoms with E-state index in [4.69, 9.17) is 0 Å². The third-order valence-corrected chi connectivity index (χ3v) is 1.61. The van der Waals surface area contributed by atoms with Gasteiger partial charge in [0, 0.05) is 6.21 Å². The Kier molecular flexibility index (Phi) is 9.83.